The van der Waals surface area contributed by atoms with Gasteiger partial charge in [0.25, 0.3) is 0 Å². The van der Waals surface area contributed by atoms with Crippen LogP contribution in [0.5, 0.6) is 0 Å². The largest absolute Gasteiger partial charge is 0.387 e. The van der Waals surface area contributed by atoms with Gasteiger partial charge in [-0.2, -0.15) is 9.64 Å². The van der Waals surface area contributed by atoms with E-state index in [9.17, 15) is 10.4 Å². The van der Waals surface area contributed by atoms with Gasteiger partial charge in [0.05, 0.1) is 25.4 Å². The Morgan fingerprint density at radius 3 is 3.23 bits per heavy atom. The van der Waals surface area contributed by atoms with Gasteiger partial charge in [0, 0.05) is 17.8 Å². The van der Waals surface area contributed by atoms with Gasteiger partial charge in [0.15, 0.2) is 5.15 Å². The standard InChI is InChI=1S/C14H14ClN3O2S2/c15-13-10(7-16)14(22-17-13)18-3-4-20-8-9(18)6-11(19)12-2-1-5-21-12/h1-2,5,9,11,19H,3-4,6,8H2. The van der Waals surface area contributed by atoms with Crippen molar-refractivity contribution >= 4 is 39.5 Å². The quantitative estimate of drug-likeness (QED) is 0.912. The van der Waals surface area contributed by atoms with Crippen molar-refractivity contribution in [3.8, 4) is 6.07 Å². The number of ether oxygens (including phenoxy) is 1. The van der Waals surface area contributed by atoms with E-state index in [-0.39, 0.29) is 11.2 Å². The highest BCUT2D eigenvalue weighted by molar-refractivity contribution is 7.11. The maximum absolute atomic E-state index is 10.4. The molecular formula is C14H14ClN3O2S2. The Bertz CT molecular complexity index is 668. The summed E-state index contributed by atoms with van der Waals surface area (Å²) in [4.78, 5) is 3.02. The highest BCUT2D eigenvalue weighted by Crippen LogP contribution is 2.35. The number of aromatic nitrogens is 1. The summed E-state index contributed by atoms with van der Waals surface area (Å²) in [5.74, 6) is 0. The maximum atomic E-state index is 10.4. The first kappa shape index (κ1) is 15.7. The molecule has 0 radical (unpaired) electrons. The number of nitrogens with zero attached hydrogens (tertiary/aromatic N) is 3. The van der Waals surface area contributed by atoms with Crippen LogP contribution in [0, 0.1) is 11.3 Å². The Balaban J connectivity index is 1.81. The first-order valence-electron chi connectivity index (χ1n) is 6.82. The van der Waals surface area contributed by atoms with Crippen molar-refractivity contribution in [1.82, 2.24) is 4.37 Å². The summed E-state index contributed by atoms with van der Waals surface area (Å²) in [7, 11) is 0. The fourth-order valence-electron chi connectivity index (χ4n) is 2.53. The third-order valence-electron chi connectivity index (χ3n) is 3.60. The van der Waals surface area contributed by atoms with Crippen molar-refractivity contribution in [2.45, 2.75) is 18.6 Å². The predicted octanol–water partition coefficient (Wildman–Crippen LogP) is 3.06. The van der Waals surface area contributed by atoms with Crippen molar-refractivity contribution in [1.29, 1.82) is 5.26 Å². The van der Waals surface area contributed by atoms with E-state index in [2.05, 4.69) is 15.3 Å². The van der Waals surface area contributed by atoms with Crippen molar-refractivity contribution in [3.63, 3.8) is 0 Å². The van der Waals surface area contributed by atoms with Crippen molar-refractivity contribution in [2.75, 3.05) is 24.7 Å². The van der Waals surface area contributed by atoms with E-state index in [1.165, 1.54) is 22.9 Å². The molecule has 1 N–H and O–H groups in total. The van der Waals surface area contributed by atoms with Crippen LogP contribution in [0.3, 0.4) is 0 Å². The van der Waals surface area contributed by atoms with E-state index in [1.807, 2.05) is 17.5 Å². The molecule has 0 saturated carbocycles. The van der Waals surface area contributed by atoms with Crippen LogP contribution in [0.2, 0.25) is 5.15 Å². The Morgan fingerprint density at radius 1 is 1.64 bits per heavy atom. The zero-order chi connectivity index (χ0) is 15.5. The molecule has 3 rings (SSSR count). The van der Waals surface area contributed by atoms with Gasteiger partial charge in [-0.15, -0.1) is 11.3 Å². The first-order valence-corrected chi connectivity index (χ1v) is 8.85. The molecule has 1 fully saturated rings. The lowest BCUT2D eigenvalue weighted by Gasteiger charge is -2.37. The minimum Gasteiger partial charge on any atom is -0.387 e. The van der Waals surface area contributed by atoms with Crippen LogP contribution >= 0.6 is 34.5 Å². The molecule has 0 aromatic carbocycles. The zero-order valence-corrected chi connectivity index (χ0v) is 14.0. The topological polar surface area (TPSA) is 69.4 Å². The second-order valence-electron chi connectivity index (χ2n) is 4.95. The molecule has 0 spiro atoms. The Morgan fingerprint density at radius 2 is 2.50 bits per heavy atom. The molecule has 0 bridgehead atoms. The van der Waals surface area contributed by atoms with E-state index in [0.717, 1.165) is 9.88 Å². The molecule has 1 aliphatic heterocycles. The van der Waals surface area contributed by atoms with Gasteiger partial charge in [-0.3, -0.25) is 0 Å². The molecule has 22 heavy (non-hydrogen) atoms. The second kappa shape index (κ2) is 6.94. The summed E-state index contributed by atoms with van der Waals surface area (Å²) in [6.07, 6.45) is 0.00379. The number of hydrogen-bond acceptors (Lipinski definition) is 7. The van der Waals surface area contributed by atoms with Crippen molar-refractivity contribution in [2.24, 2.45) is 0 Å². The van der Waals surface area contributed by atoms with Crippen LogP contribution in [0.4, 0.5) is 5.00 Å². The van der Waals surface area contributed by atoms with E-state index < -0.39 is 6.10 Å². The number of nitriles is 1. The molecule has 0 amide bonds. The van der Waals surface area contributed by atoms with Gasteiger partial charge in [-0.05, 0) is 23.0 Å². The third-order valence-corrected chi connectivity index (χ3v) is 5.83. The minimum atomic E-state index is -0.539. The average Bonchev–Trinajstić information content (AvgIpc) is 3.17. The minimum absolute atomic E-state index is 0.00512. The van der Waals surface area contributed by atoms with Crippen LogP contribution in [-0.4, -0.2) is 35.3 Å². The van der Waals surface area contributed by atoms with Crippen LogP contribution in [0.15, 0.2) is 17.5 Å². The van der Waals surface area contributed by atoms with E-state index in [0.29, 0.717) is 31.7 Å². The smallest absolute Gasteiger partial charge is 0.162 e. The summed E-state index contributed by atoms with van der Waals surface area (Å²) in [6, 6.07) is 5.96. The highest BCUT2D eigenvalue weighted by Gasteiger charge is 2.30. The van der Waals surface area contributed by atoms with Gasteiger partial charge >= 0.3 is 0 Å². The second-order valence-corrected chi connectivity index (χ2v) is 7.04. The van der Waals surface area contributed by atoms with E-state index >= 15 is 0 Å². The summed E-state index contributed by atoms with van der Waals surface area (Å²) >= 11 is 8.73. The molecule has 1 saturated heterocycles. The molecule has 3 heterocycles. The number of hydrogen-bond donors (Lipinski definition) is 1. The van der Waals surface area contributed by atoms with Crippen LogP contribution < -0.4 is 4.90 Å². The SMILES string of the molecule is N#Cc1c(Cl)nsc1N1CCOCC1CC(O)c1cccs1. The number of halogens is 1. The number of anilines is 1. The number of aliphatic hydroxyl groups excluding tert-OH is 1. The van der Waals surface area contributed by atoms with Crippen molar-refractivity contribution < 1.29 is 9.84 Å². The van der Waals surface area contributed by atoms with Gasteiger partial charge in [0.1, 0.15) is 16.6 Å². The summed E-state index contributed by atoms with van der Waals surface area (Å²) in [6.45, 7) is 1.77. The monoisotopic (exact) mass is 355 g/mol. The lowest BCUT2D eigenvalue weighted by atomic mass is 10.1. The first-order chi connectivity index (χ1) is 10.7. The lowest BCUT2D eigenvalue weighted by Crippen LogP contribution is -2.46. The average molecular weight is 356 g/mol. The fourth-order valence-corrected chi connectivity index (χ4v) is 4.38. The molecule has 5 nitrogen and oxygen atoms in total. The van der Waals surface area contributed by atoms with Crippen LogP contribution in [0.1, 0.15) is 23.0 Å². The highest BCUT2D eigenvalue weighted by atomic mass is 35.5. The maximum Gasteiger partial charge on any atom is 0.162 e. The normalized spacial score (nSPS) is 19.9. The molecule has 2 aromatic heterocycles. The molecule has 2 aromatic rings. The van der Waals surface area contributed by atoms with Gasteiger partial charge in [-0.1, -0.05) is 17.7 Å². The van der Waals surface area contributed by atoms with E-state index in [1.54, 1.807) is 0 Å². The van der Waals surface area contributed by atoms with Crippen LogP contribution in [-0.2, 0) is 4.74 Å². The number of morpholine rings is 1. The molecule has 116 valence electrons. The molecule has 8 heteroatoms. The van der Waals surface area contributed by atoms with E-state index in [4.69, 9.17) is 16.3 Å². The van der Waals surface area contributed by atoms with Gasteiger partial charge < -0.3 is 14.7 Å². The Kier molecular flexibility index (Phi) is 4.96. The zero-order valence-electron chi connectivity index (χ0n) is 11.6. The predicted molar refractivity (Wildman–Crippen MR) is 87.7 cm³/mol. The van der Waals surface area contributed by atoms with Crippen LogP contribution in [0.25, 0.3) is 0 Å². The molecule has 0 aliphatic carbocycles. The summed E-state index contributed by atoms with van der Waals surface area (Å²) in [5, 5.41) is 22.6. The van der Waals surface area contributed by atoms with Gasteiger partial charge in [0.2, 0.25) is 0 Å². The molecular weight excluding hydrogens is 342 g/mol. The number of aliphatic hydroxyl groups is 1. The van der Waals surface area contributed by atoms with Crippen molar-refractivity contribution in [3.05, 3.63) is 33.1 Å². The molecule has 1 aliphatic rings. The fraction of sp³-hybridized carbons (Fsp3) is 0.429. The molecule has 2 unspecified atom stereocenters. The summed E-state index contributed by atoms with van der Waals surface area (Å²) < 4.78 is 9.62. The molecule has 2 atom stereocenters. The summed E-state index contributed by atoms with van der Waals surface area (Å²) in [5.41, 5.74) is 0.407. The number of rotatable bonds is 4. The number of thiophene rings is 1. The van der Waals surface area contributed by atoms with Gasteiger partial charge in [-0.25, -0.2) is 0 Å². The Hall–Kier alpha value is -1.17. The Labute approximate surface area is 141 Å². The third kappa shape index (κ3) is 3.12. The lowest BCUT2D eigenvalue weighted by molar-refractivity contribution is 0.0691.